The van der Waals surface area contributed by atoms with Gasteiger partial charge in [-0.2, -0.15) is 0 Å². The van der Waals surface area contributed by atoms with E-state index in [9.17, 15) is 13.2 Å². The molecule has 3 N–H and O–H groups in total. The number of methoxy groups -OCH3 is 1. The largest absolute Gasteiger partial charge is 0.463 e. The van der Waals surface area contributed by atoms with Crippen LogP contribution >= 0.6 is 12.4 Å². The number of sulfonamides is 1. The van der Waals surface area contributed by atoms with Gasteiger partial charge in [-0.05, 0) is 12.8 Å². The summed E-state index contributed by atoms with van der Waals surface area (Å²) >= 11 is 0. The molecule has 0 spiro atoms. The molecular weight excluding hydrogens is 344 g/mol. The van der Waals surface area contributed by atoms with Crippen LogP contribution in [0.25, 0.3) is 0 Å². The Labute approximate surface area is 143 Å². The first-order valence-corrected chi connectivity index (χ1v) is 8.70. The van der Waals surface area contributed by atoms with Gasteiger partial charge in [0.1, 0.15) is 10.7 Å². The molecule has 0 unspecified atom stereocenters. The van der Waals surface area contributed by atoms with E-state index in [1.54, 1.807) is 6.92 Å². The molecule has 0 radical (unpaired) electrons. The van der Waals surface area contributed by atoms with Crippen molar-refractivity contribution < 1.29 is 22.4 Å². The Hall–Kier alpha value is -1.09. The average Bonchev–Trinajstić information content (AvgIpc) is 2.97. The Balaban J connectivity index is 0.00000484. The number of carbonyl (C=O) groups is 1. The van der Waals surface area contributed by atoms with Gasteiger partial charge in [-0.15, -0.1) is 12.4 Å². The highest BCUT2D eigenvalue weighted by Crippen LogP contribution is 2.22. The molecule has 9 heteroatoms. The Bertz CT molecular complexity index is 623. The van der Waals surface area contributed by atoms with Gasteiger partial charge in [-0.3, -0.25) is 0 Å². The van der Waals surface area contributed by atoms with Crippen LogP contribution in [0.5, 0.6) is 0 Å². The molecular formula is C14H25ClN2O5S. The number of hydrogen-bond donors (Lipinski definition) is 2. The summed E-state index contributed by atoms with van der Waals surface area (Å²) in [5.41, 5.74) is 5.50. The second-order valence-electron chi connectivity index (χ2n) is 5.14. The van der Waals surface area contributed by atoms with Gasteiger partial charge in [0.05, 0.1) is 7.11 Å². The minimum absolute atomic E-state index is 0. The number of nitrogens with two attached hydrogens (primary N) is 1. The summed E-state index contributed by atoms with van der Waals surface area (Å²) in [5, 5.41) is 0. The van der Waals surface area contributed by atoms with Crippen LogP contribution in [0.4, 0.5) is 0 Å². The molecule has 0 saturated heterocycles. The van der Waals surface area contributed by atoms with Crippen molar-refractivity contribution in [3.63, 3.8) is 0 Å². The molecule has 0 bridgehead atoms. The molecule has 134 valence electrons. The van der Waals surface area contributed by atoms with E-state index in [0.717, 1.165) is 0 Å². The number of carbonyl (C=O) groups excluding carboxylic acids is 1. The van der Waals surface area contributed by atoms with Crippen molar-refractivity contribution in [2.75, 3.05) is 13.7 Å². The van der Waals surface area contributed by atoms with Gasteiger partial charge in [0, 0.05) is 24.6 Å². The second-order valence-corrected chi connectivity index (χ2v) is 6.87. The van der Waals surface area contributed by atoms with Crippen molar-refractivity contribution in [2.45, 2.75) is 50.5 Å². The molecule has 0 aliphatic heterocycles. The van der Waals surface area contributed by atoms with Gasteiger partial charge in [-0.1, -0.05) is 20.8 Å². The fraction of sp³-hybridized carbons (Fsp3) is 0.643. The summed E-state index contributed by atoms with van der Waals surface area (Å²) in [5.74, 6) is -0.639. The van der Waals surface area contributed by atoms with E-state index >= 15 is 0 Å². The highest BCUT2D eigenvalue weighted by molar-refractivity contribution is 7.89. The number of ether oxygens (including phenoxy) is 1. The van der Waals surface area contributed by atoms with Crippen molar-refractivity contribution in [3.8, 4) is 0 Å². The monoisotopic (exact) mass is 368 g/mol. The molecule has 1 rings (SSSR count). The molecule has 7 nitrogen and oxygen atoms in total. The number of nitrogens with one attached hydrogen (secondary N) is 1. The third kappa shape index (κ3) is 5.20. The Morgan fingerprint density at radius 1 is 1.35 bits per heavy atom. The van der Waals surface area contributed by atoms with E-state index in [1.807, 2.05) is 13.8 Å². The number of esters is 1. The molecule has 1 aromatic rings. The van der Waals surface area contributed by atoms with Gasteiger partial charge in [0.2, 0.25) is 15.8 Å². The first kappa shape index (κ1) is 21.9. The van der Waals surface area contributed by atoms with Crippen molar-refractivity contribution in [2.24, 2.45) is 5.73 Å². The summed E-state index contributed by atoms with van der Waals surface area (Å²) in [7, 11) is -2.61. The maximum Gasteiger partial charge on any atom is 0.373 e. The maximum atomic E-state index is 12.4. The SMILES string of the molecule is CCc1oc(C(=O)OC)cc1S(=O)(=O)NCC(N)(CC)CC.Cl. The molecule has 0 aliphatic carbocycles. The fourth-order valence-corrected chi connectivity index (χ4v) is 3.28. The first-order valence-electron chi connectivity index (χ1n) is 7.22. The Kier molecular flexibility index (Phi) is 8.26. The molecule has 0 amide bonds. The maximum absolute atomic E-state index is 12.4. The summed E-state index contributed by atoms with van der Waals surface area (Å²) in [6.45, 7) is 5.67. The molecule has 0 fully saturated rings. The summed E-state index contributed by atoms with van der Waals surface area (Å²) < 4.78 is 37.2. The quantitative estimate of drug-likeness (QED) is 0.677. The van der Waals surface area contributed by atoms with Gasteiger partial charge in [0.15, 0.2) is 0 Å². The first-order chi connectivity index (χ1) is 10.2. The van der Waals surface area contributed by atoms with Gasteiger partial charge in [0.25, 0.3) is 0 Å². The molecule has 0 aromatic carbocycles. The zero-order chi connectivity index (χ0) is 17.0. The van der Waals surface area contributed by atoms with E-state index < -0.39 is 21.5 Å². The zero-order valence-electron chi connectivity index (χ0n) is 13.8. The average molecular weight is 369 g/mol. The standard InChI is InChI=1S/C14H24N2O5S.ClH/c1-5-10-12(8-11(21-10)13(17)20-4)22(18,19)16-9-14(15,6-2)7-3;/h8,16H,5-7,9,15H2,1-4H3;1H. The molecule has 0 atom stereocenters. The van der Waals surface area contributed by atoms with Crippen LogP contribution in [-0.4, -0.2) is 33.6 Å². The Morgan fingerprint density at radius 2 is 1.91 bits per heavy atom. The topological polar surface area (TPSA) is 112 Å². The molecule has 0 saturated carbocycles. The lowest BCUT2D eigenvalue weighted by atomic mass is 9.95. The number of aryl methyl sites for hydroxylation is 1. The predicted molar refractivity (Wildman–Crippen MR) is 89.4 cm³/mol. The third-order valence-corrected chi connectivity index (χ3v) is 5.24. The summed E-state index contributed by atoms with van der Waals surface area (Å²) in [6, 6.07) is 1.18. The predicted octanol–water partition coefficient (Wildman–Crippen LogP) is 1.85. The Morgan fingerprint density at radius 3 is 2.35 bits per heavy atom. The van der Waals surface area contributed by atoms with Crippen LogP contribution in [0.3, 0.4) is 0 Å². The molecule has 1 heterocycles. The van der Waals surface area contributed by atoms with Crippen LogP contribution in [-0.2, 0) is 21.2 Å². The number of rotatable bonds is 8. The van der Waals surface area contributed by atoms with Gasteiger partial charge < -0.3 is 14.9 Å². The number of hydrogen-bond acceptors (Lipinski definition) is 6. The lowest BCUT2D eigenvalue weighted by molar-refractivity contribution is 0.0563. The van der Waals surface area contributed by atoms with E-state index in [2.05, 4.69) is 9.46 Å². The number of furan rings is 1. The summed E-state index contributed by atoms with van der Waals surface area (Å²) in [6.07, 6.45) is 1.62. The molecule has 1 aromatic heterocycles. The van der Waals surface area contributed by atoms with Crippen molar-refractivity contribution in [1.82, 2.24) is 4.72 Å². The van der Waals surface area contributed by atoms with Crippen LogP contribution in [0.1, 0.15) is 49.9 Å². The fourth-order valence-electron chi connectivity index (χ4n) is 1.90. The highest BCUT2D eigenvalue weighted by atomic mass is 35.5. The van der Waals surface area contributed by atoms with Gasteiger partial charge in [-0.25, -0.2) is 17.9 Å². The van der Waals surface area contributed by atoms with Crippen molar-refractivity contribution in [3.05, 3.63) is 17.6 Å². The van der Waals surface area contributed by atoms with Crippen LogP contribution in [0.15, 0.2) is 15.4 Å². The second kappa shape index (κ2) is 8.68. The molecule has 0 aliphatic rings. The van der Waals surface area contributed by atoms with E-state index in [-0.39, 0.29) is 35.4 Å². The van der Waals surface area contributed by atoms with Crippen LogP contribution in [0.2, 0.25) is 0 Å². The lowest BCUT2D eigenvalue weighted by Crippen LogP contribution is -2.49. The van der Waals surface area contributed by atoms with Crippen LogP contribution < -0.4 is 10.5 Å². The third-order valence-electron chi connectivity index (χ3n) is 3.79. The highest BCUT2D eigenvalue weighted by Gasteiger charge is 2.28. The minimum atomic E-state index is -3.81. The zero-order valence-corrected chi connectivity index (χ0v) is 15.5. The van der Waals surface area contributed by atoms with E-state index in [4.69, 9.17) is 10.2 Å². The number of halogens is 1. The van der Waals surface area contributed by atoms with Gasteiger partial charge >= 0.3 is 5.97 Å². The summed E-state index contributed by atoms with van der Waals surface area (Å²) in [4.78, 5) is 11.4. The molecule has 23 heavy (non-hydrogen) atoms. The normalized spacial score (nSPS) is 11.9. The van der Waals surface area contributed by atoms with E-state index in [0.29, 0.717) is 19.3 Å². The van der Waals surface area contributed by atoms with Crippen molar-refractivity contribution in [1.29, 1.82) is 0 Å². The smallest absolute Gasteiger partial charge is 0.373 e. The van der Waals surface area contributed by atoms with Crippen molar-refractivity contribution >= 4 is 28.4 Å². The van der Waals surface area contributed by atoms with E-state index in [1.165, 1.54) is 13.2 Å². The lowest BCUT2D eigenvalue weighted by Gasteiger charge is -2.26. The minimum Gasteiger partial charge on any atom is -0.463 e. The van der Waals surface area contributed by atoms with Crippen LogP contribution in [0, 0.1) is 0 Å².